The Morgan fingerprint density at radius 1 is 1.25 bits per heavy atom. The van der Waals surface area contributed by atoms with Crippen LogP contribution in [-0.2, 0) is 6.42 Å². The van der Waals surface area contributed by atoms with Gasteiger partial charge in [0.25, 0.3) is 0 Å². The van der Waals surface area contributed by atoms with Crippen LogP contribution in [0.1, 0.15) is 16.7 Å². The zero-order valence-corrected chi connectivity index (χ0v) is 10.6. The van der Waals surface area contributed by atoms with Crippen LogP contribution in [0.25, 0.3) is 0 Å². The van der Waals surface area contributed by atoms with Crippen LogP contribution in [0, 0.1) is 13.8 Å². The second-order valence-electron chi connectivity index (χ2n) is 4.64. The van der Waals surface area contributed by atoms with Gasteiger partial charge in [-0.3, -0.25) is 0 Å². The topological polar surface area (TPSA) is 49.5 Å². The first kappa shape index (κ1) is 13.0. The number of rotatable bonds is 4. The van der Waals surface area contributed by atoms with Crippen molar-refractivity contribution in [1.29, 1.82) is 0 Å². The number of phenols is 1. The number of likely N-dealkylation sites (N-methyl/N-ethyl adjacent to an activating group) is 1. The van der Waals surface area contributed by atoms with Crippen molar-refractivity contribution in [2.45, 2.75) is 26.3 Å². The number of hydrogen-bond acceptors (Lipinski definition) is 3. The molecule has 16 heavy (non-hydrogen) atoms. The largest absolute Gasteiger partial charge is 0.507 e. The molecular weight excluding hydrogens is 200 g/mol. The van der Waals surface area contributed by atoms with Gasteiger partial charge in [0.05, 0.1) is 0 Å². The molecule has 0 radical (unpaired) electrons. The number of aryl methyl sites for hydroxylation is 2. The second kappa shape index (κ2) is 5.32. The van der Waals surface area contributed by atoms with Gasteiger partial charge in [0, 0.05) is 12.6 Å². The minimum Gasteiger partial charge on any atom is -0.507 e. The van der Waals surface area contributed by atoms with Crippen LogP contribution in [0.4, 0.5) is 0 Å². The number of benzene rings is 1. The van der Waals surface area contributed by atoms with Crippen LogP contribution in [0.15, 0.2) is 12.1 Å². The Bertz CT molecular complexity index is 338. The smallest absolute Gasteiger partial charge is 0.121 e. The molecule has 0 saturated carbocycles. The first-order valence-electron chi connectivity index (χ1n) is 5.61. The van der Waals surface area contributed by atoms with Crippen molar-refractivity contribution in [1.82, 2.24) is 4.90 Å². The maximum atomic E-state index is 9.70. The molecular formula is C13H22N2O. The number of phenolic OH excluding ortho intramolecular Hbond substituents is 1. The third-order valence-electron chi connectivity index (χ3n) is 3.02. The molecule has 0 bridgehead atoms. The Balaban J connectivity index is 2.89. The van der Waals surface area contributed by atoms with E-state index >= 15 is 0 Å². The molecule has 0 aliphatic carbocycles. The van der Waals surface area contributed by atoms with E-state index in [-0.39, 0.29) is 0 Å². The fraction of sp³-hybridized carbons (Fsp3) is 0.538. The molecule has 0 amide bonds. The van der Waals surface area contributed by atoms with Crippen LogP contribution in [-0.4, -0.2) is 36.7 Å². The first-order valence-corrected chi connectivity index (χ1v) is 5.61. The summed E-state index contributed by atoms with van der Waals surface area (Å²) in [6.45, 7) is 4.50. The normalized spacial score (nSPS) is 13.1. The molecule has 0 heterocycles. The third kappa shape index (κ3) is 2.97. The molecule has 1 rings (SSSR count). The van der Waals surface area contributed by atoms with Gasteiger partial charge in [0.2, 0.25) is 0 Å². The highest BCUT2D eigenvalue weighted by Crippen LogP contribution is 2.23. The molecule has 3 nitrogen and oxygen atoms in total. The lowest BCUT2D eigenvalue weighted by Crippen LogP contribution is -2.36. The molecule has 1 aromatic carbocycles. The highest BCUT2D eigenvalue weighted by atomic mass is 16.3. The molecule has 90 valence electrons. The predicted octanol–water partition coefficient (Wildman–Crippen LogP) is 1.44. The van der Waals surface area contributed by atoms with E-state index in [0.717, 1.165) is 17.5 Å². The van der Waals surface area contributed by atoms with E-state index in [2.05, 4.69) is 4.90 Å². The quantitative estimate of drug-likeness (QED) is 0.810. The lowest BCUT2D eigenvalue weighted by molar-refractivity contribution is 0.297. The maximum Gasteiger partial charge on any atom is 0.121 e. The van der Waals surface area contributed by atoms with E-state index < -0.39 is 0 Å². The third-order valence-corrected chi connectivity index (χ3v) is 3.02. The monoisotopic (exact) mass is 222 g/mol. The van der Waals surface area contributed by atoms with Crippen LogP contribution in [0.3, 0.4) is 0 Å². The molecule has 0 fully saturated rings. The predicted molar refractivity (Wildman–Crippen MR) is 67.8 cm³/mol. The number of aromatic hydroxyl groups is 1. The lowest BCUT2D eigenvalue weighted by atomic mass is 10.00. The van der Waals surface area contributed by atoms with Gasteiger partial charge in [-0.25, -0.2) is 0 Å². The fourth-order valence-corrected chi connectivity index (χ4v) is 1.91. The van der Waals surface area contributed by atoms with Crippen molar-refractivity contribution >= 4 is 0 Å². The summed E-state index contributed by atoms with van der Waals surface area (Å²) < 4.78 is 0. The van der Waals surface area contributed by atoms with Crippen molar-refractivity contribution in [2.24, 2.45) is 5.73 Å². The summed E-state index contributed by atoms with van der Waals surface area (Å²) in [6.07, 6.45) is 0.922. The van der Waals surface area contributed by atoms with E-state index in [9.17, 15) is 5.11 Å². The fourth-order valence-electron chi connectivity index (χ4n) is 1.91. The van der Waals surface area contributed by atoms with E-state index in [1.807, 2.05) is 40.1 Å². The van der Waals surface area contributed by atoms with E-state index in [1.165, 1.54) is 5.56 Å². The van der Waals surface area contributed by atoms with E-state index in [0.29, 0.717) is 18.3 Å². The first-order chi connectivity index (χ1) is 7.45. The van der Waals surface area contributed by atoms with Crippen molar-refractivity contribution in [3.05, 3.63) is 28.8 Å². The molecule has 0 aromatic heterocycles. The lowest BCUT2D eigenvalue weighted by Gasteiger charge is -2.23. The average molecular weight is 222 g/mol. The van der Waals surface area contributed by atoms with Crippen LogP contribution >= 0.6 is 0 Å². The standard InChI is InChI=1S/C13H22N2O/c1-9-5-11(6-10(2)13(9)16)7-12(8-14)15(3)4/h5-6,12,16H,7-8,14H2,1-4H3/t12-/m0/s1. The Labute approximate surface area is 97.9 Å². The van der Waals surface area contributed by atoms with Crippen LogP contribution in [0.5, 0.6) is 5.75 Å². The summed E-state index contributed by atoms with van der Waals surface area (Å²) in [6, 6.07) is 4.42. The summed E-state index contributed by atoms with van der Waals surface area (Å²) in [5.74, 6) is 0.401. The molecule has 0 aliphatic rings. The van der Waals surface area contributed by atoms with Crippen molar-refractivity contribution < 1.29 is 5.11 Å². The van der Waals surface area contributed by atoms with Gasteiger partial charge in [-0.1, -0.05) is 12.1 Å². The summed E-state index contributed by atoms with van der Waals surface area (Å²) >= 11 is 0. The minimum atomic E-state index is 0.350. The van der Waals surface area contributed by atoms with Gasteiger partial charge in [0.1, 0.15) is 5.75 Å². The zero-order chi connectivity index (χ0) is 12.3. The zero-order valence-electron chi connectivity index (χ0n) is 10.6. The Morgan fingerprint density at radius 2 is 1.75 bits per heavy atom. The van der Waals surface area contributed by atoms with Gasteiger partial charge in [0.15, 0.2) is 0 Å². The van der Waals surface area contributed by atoms with E-state index in [4.69, 9.17) is 5.73 Å². The summed E-state index contributed by atoms with van der Waals surface area (Å²) in [5, 5.41) is 9.70. The molecule has 0 spiro atoms. The van der Waals surface area contributed by atoms with E-state index in [1.54, 1.807) is 0 Å². The Hall–Kier alpha value is -1.06. The number of hydrogen-bond donors (Lipinski definition) is 2. The SMILES string of the molecule is Cc1cc(C[C@@H](CN)N(C)C)cc(C)c1O. The van der Waals surface area contributed by atoms with Gasteiger partial charge < -0.3 is 15.7 Å². The summed E-state index contributed by atoms with van der Waals surface area (Å²) in [7, 11) is 4.08. The Morgan fingerprint density at radius 3 is 2.12 bits per heavy atom. The molecule has 0 unspecified atom stereocenters. The summed E-state index contributed by atoms with van der Waals surface area (Å²) in [5.41, 5.74) is 8.84. The van der Waals surface area contributed by atoms with Crippen molar-refractivity contribution in [3.8, 4) is 5.75 Å². The van der Waals surface area contributed by atoms with Crippen molar-refractivity contribution in [2.75, 3.05) is 20.6 Å². The van der Waals surface area contributed by atoms with Gasteiger partial charge in [-0.05, 0) is 51.1 Å². The van der Waals surface area contributed by atoms with Crippen molar-refractivity contribution in [3.63, 3.8) is 0 Å². The molecule has 3 N–H and O–H groups in total. The molecule has 1 aromatic rings. The molecule has 0 aliphatic heterocycles. The second-order valence-corrected chi connectivity index (χ2v) is 4.64. The van der Waals surface area contributed by atoms with Gasteiger partial charge in [-0.15, -0.1) is 0 Å². The number of nitrogens with two attached hydrogens (primary N) is 1. The highest BCUT2D eigenvalue weighted by Gasteiger charge is 2.11. The number of nitrogens with zero attached hydrogens (tertiary/aromatic N) is 1. The minimum absolute atomic E-state index is 0.350. The Kier molecular flexibility index (Phi) is 4.33. The average Bonchev–Trinajstić information content (AvgIpc) is 2.21. The van der Waals surface area contributed by atoms with Gasteiger partial charge in [-0.2, -0.15) is 0 Å². The van der Waals surface area contributed by atoms with Gasteiger partial charge >= 0.3 is 0 Å². The molecule has 0 saturated heterocycles. The highest BCUT2D eigenvalue weighted by molar-refractivity contribution is 5.42. The summed E-state index contributed by atoms with van der Waals surface area (Å²) in [4.78, 5) is 2.14. The van der Waals surface area contributed by atoms with Crippen LogP contribution in [0.2, 0.25) is 0 Å². The molecule has 3 heteroatoms. The maximum absolute atomic E-state index is 9.70. The van der Waals surface area contributed by atoms with Crippen LogP contribution < -0.4 is 5.73 Å². The molecule has 1 atom stereocenters.